The fourth-order valence-corrected chi connectivity index (χ4v) is 3.41. The minimum Gasteiger partial charge on any atom is -0.493 e. The first-order valence-electron chi connectivity index (χ1n) is 9.69. The van der Waals surface area contributed by atoms with E-state index in [1.165, 1.54) is 0 Å². The molecule has 0 aliphatic carbocycles. The molecule has 7 nitrogen and oxygen atoms in total. The highest BCUT2D eigenvalue weighted by Crippen LogP contribution is 2.40. The summed E-state index contributed by atoms with van der Waals surface area (Å²) in [5, 5.41) is 22.1. The van der Waals surface area contributed by atoms with Crippen molar-refractivity contribution >= 4 is 40.0 Å². The first kappa shape index (κ1) is 21.5. The summed E-state index contributed by atoms with van der Waals surface area (Å²) in [5.74, 6) is -0.737. The zero-order valence-electron chi connectivity index (χ0n) is 16.8. The summed E-state index contributed by atoms with van der Waals surface area (Å²) in [6, 6.07) is 14.2. The van der Waals surface area contributed by atoms with Crippen molar-refractivity contribution in [3.63, 3.8) is 0 Å². The third-order valence-electron chi connectivity index (χ3n) is 4.61. The lowest BCUT2D eigenvalue weighted by Crippen LogP contribution is -2.25. The highest BCUT2D eigenvalue weighted by Gasteiger charge is 2.18. The molecule has 0 atom stereocenters. The van der Waals surface area contributed by atoms with Gasteiger partial charge in [-0.05, 0) is 38.5 Å². The van der Waals surface area contributed by atoms with Gasteiger partial charge in [-0.2, -0.15) is 0 Å². The number of para-hydroxylation sites is 1. The quantitative estimate of drug-likeness (QED) is 0.391. The van der Waals surface area contributed by atoms with E-state index in [0.29, 0.717) is 23.6 Å². The van der Waals surface area contributed by atoms with Gasteiger partial charge in [-0.25, -0.2) is 0 Å². The molecule has 2 aromatic carbocycles. The average Bonchev–Trinajstić information content (AvgIpc) is 3.01. The topological polar surface area (TPSA) is 96.0 Å². The van der Waals surface area contributed by atoms with Gasteiger partial charge in [0.1, 0.15) is 0 Å². The first-order valence-corrected chi connectivity index (χ1v) is 10.1. The van der Waals surface area contributed by atoms with E-state index >= 15 is 0 Å². The third-order valence-corrected chi connectivity index (χ3v) is 4.94. The third kappa shape index (κ3) is 4.68. The molecule has 2 N–H and O–H groups in total. The van der Waals surface area contributed by atoms with Crippen LogP contribution >= 0.6 is 11.6 Å². The second-order valence-corrected chi connectivity index (χ2v) is 7.49. The number of rotatable bonds is 7. The molecule has 1 aromatic heterocycles. The van der Waals surface area contributed by atoms with Crippen LogP contribution in [0.4, 0.5) is 5.69 Å². The number of fused-ring (bicyclic) bond motifs is 1. The smallest absolute Gasteiger partial charge is 0.264 e. The van der Waals surface area contributed by atoms with Crippen LogP contribution in [0.15, 0.2) is 58.8 Å². The monoisotopic (exact) mass is 426 g/mol. The molecule has 0 bridgehead atoms. The summed E-state index contributed by atoms with van der Waals surface area (Å²) in [4.78, 5) is 24.2. The molecule has 0 saturated carbocycles. The second kappa shape index (κ2) is 9.54. The molecule has 0 fully saturated rings. The summed E-state index contributed by atoms with van der Waals surface area (Å²) in [7, 11) is 0. The summed E-state index contributed by atoms with van der Waals surface area (Å²) in [6.45, 7) is 4.22. The van der Waals surface area contributed by atoms with Gasteiger partial charge in [0, 0.05) is 24.4 Å². The molecule has 0 saturated heterocycles. The van der Waals surface area contributed by atoms with Crippen molar-refractivity contribution in [3.05, 3.63) is 59.1 Å². The minimum absolute atomic E-state index is 0.0187. The molecule has 3 rings (SSSR count). The van der Waals surface area contributed by atoms with E-state index in [9.17, 15) is 14.7 Å². The molecule has 2 amide bonds. The van der Waals surface area contributed by atoms with Crippen molar-refractivity contribution in [2.45, 2.75) is 32.7 Å². The zero-order valence-corrected chi connectivity index (χ0v) is 17.6. The maximum absolute atomic E-state index is 12.1. The van der Waals surface area contributed by atoms with E-state index in [0.717, 1.165) is 10.9 Å². The van der Waals surface area contributed by atoms with E-state index in [1.807, 2.05) is 38.1 Å². The lowest BCUT2D eigenvalue weighted by atomic mass is 10.2. The van der Waals surface area contributed by atoms with Crippen LogP contribution in [0.2, 0.25) is 5.02 Å². The van der Waals surface area contributed by atoms with E-state index < -0.39 is 5.91 Å². The van der Waals surface area contributed by atoms with Gasteiger partial charge < -0.3 is 15.0 Å². The highest BCUT2D eigenvalue weighted by atomic mass is 35.5. The Balaban J connectivity index is 1.59. The number of hydrogen-bond donors (Lipinski definition) is 2. The number of benzene rings is 2. The van der Waals surface area contributed by atoms with Gasteiger partial charge in [-0.3, -0.25) is 9.59 Å². The summed E-state index contributed by atoms with van der Waals surface area (Å²) >= 11 is 5.99. The number of carbonyl (C=O) groups is 2. The molecular formula is C22H23ClN4O3. The molecule has 3 aromatic rings. The Hall–Kier alpha value is -3.19. The standard InChI is InChI=1S/C22H23ClN4O3/c1-14(2)27-18-11-6-4-9-16(18)20(22(27)30)26-25-19(28)12-7-13-24-21(29)15-8-3-5-10-17(15)23/h3-6,8-11,14,30H,7,12-13H2,1-2H3,(H,24,29). The van der Waals surface area contributed by atoms with Gasteiger partial charge in [-0.15, -0.1) is 10.2 Å². The number of halogens is 1. The van der Waals surface area contributed by atoms with Crippen molar-refractivity contribution in [2.24, 2.45) is 10.2 Å². The van der Waals surface area contributed by atoms with Crippen molar-refractivity contribution in [1.82, 2.24) is 9.88 Å². The second-order valence-electron chi connectivity index (χ2n) is 7.09. The van der Waals surface area contributed by atoms with Crippen LogP contribution in [-0.4, -0.2) is 28.0 Å². The lowest BCUT2D eigenvalue weighted by molar-refractivity contribution is -0.118. The molecule has 0 aliphatic rings. The fraction of sp³-hybridized carbons (Fsp3) is 0.273. The average molecular weight is 427 g/mol. The predicted molar refractivity (Wildman–Crippen MR) is 117 cm³/mol. The van der Waals surface area contributed by atoms with Gasteiger partial charge in [0.05, 0.1) is 16.1 Å². The van der Waals surface area contributed by atoms with Gasteiger partial charge >= 0.3 is 0 Å². The van der Waals surface area contributed by atoms with E-state index in [4.69, 9.17) is 11.6 Å². The van der Waals surface area contributed by atoms with Gasteiger partial charge in [0.2, 0.25) is 5.88 Å². The molecule has 156 valence electrons. The minimum atomic E-state index is -0.428. The Labute approximate surface area is 179 Å². The predicted octanol–water partition coefficient (Wildman–Crippen LogP) is 5.40. The van der Waals surface area contributed by atoms with Crippen LogP contribution in [0.25, 0.3) is 10.9 Å². The van der Waals surface area contributed by atoms with E-state index in [1.54, 1.807) is 28.8 Å². The highest BCUT2D eigenvalue weighted by molar-refractivity contribution is 6.33. The molecule has 30 heavy (non-hydrogen) atoms. The lowest BCUT2D eigenvalue weighted by Gasteiger charge is -2.10. The molecule has 0 spiro atoms. The summed E-state index contributed by atoms with van der Waals surface area (Å²) < 4.78 is 1.75. The molecular weight excluding hydrogens is 404 g/mol. The van der Waals surface area contributed by atoms with Crippen LogP contribution in [-0.2, 0) is 4.79 Å². The normalized spacial score (nSPS) is 11.5. The number of hydrogen-bond acceptors (Lipinski definition) is 4. The molecule has 0 aliphatic heterocycles. The van der Waals surface area contributed by atoms with Crippen LogP contribution in [0.1, 0.15) is 43.1 Å². The maximum atomic E-state index is 12.1. The van der Waals surface area contributed by atoms with Crippen LogP contribution in [0.5, 0.6) is 5.88 Å². The Kier molecular flexibility index (Phi) is 6.84. The number of aromatic hydroxyl groups is 1. The maximum Gasteiger partial charge on any atom is 0.264 e. The number of azo groups is 1. The van der Waals surface area contributed by atoms with Crippen molar-refractivity contribution in [3.8, 4) is 5.88 Å². The van der Waals surface area contributed by atoms with Crippen LogP contribution in [0, 0.1) is 0 Å². The van der Waals surface area contributed by atoms with Crippen LogP contribution in [0.3, 0.4) is 0 Å². The van der Waals surface area contributed by atoms with Gasteiger partial charge in [0.15, 0.2) is 5.69 Å². The van der Waals surface area contributed by atoms with Crippen molar-refractivity contribution in [1.29, 1.82) is 0 Å². The first-order chi connectivity index (χ1) is 14.4. The molecule has 0 radical (unpaired) electrons. The largest absolute Gasteiger partial charge is 0.493 e. The van der Waals surface area contributed by atoms with Crippen molar-refractivity contribution < 1.29 is 14.7 Å². The number of nitrogens with zero attached hydrogens (tertiary/aromatic N) is 3. The number of aromatic nitrogens is 1. The zero-order chi connectivity index (χ0) is 21.7. The Bertz CT molecular complexity index is 1100. The Morgan fingerprint density at radius 1 is 1.13 bits per heavy atom. The van der Waals surface area contributed by atoms with Gasteiger partial charge in [0.25, 0.3) is 11.8 Å². The molecule has 8 heteroatoms. The number of carbonyl (C=O) groups excluding carboxylic acids is 2. The number of nitrogens with one attached hydrogen (secondary N) is 1. The summed E-state index contributed by atoms with van der Waals surface area (Å²) in [6.07, 6.45) is 0.531. The molecule has 1 heterocycles. The van der Waals surface area contributed by atoms with E-state index in [2.05, 4.69) is 15.5 Å². The van der Waals surface area contributed by atoms with E-state index in [-0.39, 0.29) is 29.9 Å². The Morgan fingerprint density at radius 3 is 2.57 bits per heavy atom. The van der Waals surface area contributed by atoms with Crippen molar-refractivity contribution in [2.75, 3.05) is 6.54 Å². The Morgan fingerprint density at radius 2 is 1.83 bits per heavy atom. The number of amides is 2. The van der Waals surface area contributed by atoms with Crippen LogP contribution < -0.4 is 5.32 Å². The molecule has 0 unspecified atom stereocenters. The fourth-order valence-electron chi connectivity index (χ4n) is 3.19. The summed E-state index contributed by atoms with van der Waals surface area (Å²) in [5.41, 5.74) is 1.50. The SMILES string of the molecule is CC(C)n1c(O)c(N=NC(=O)CCCNC(=O)c2ccccc2Cl)c2ccccc21. The van der Waals surface area contributed by atoms with Gasteiger partial charge in [-0.1, -0.05) is 41.9 Å².